The summed E-state index contributed by atoms with van der Waals surface area (Å²) in [4.78, 5) is 11.9. The van der Waals surface area contributed by atoms with Gasteiger partial charge >= 0.3 is 5.97 Å². The van der Waals surface area contributed by atoms with Crippen LogP contribution in [-0.2, 0) is 11.2 Å². The van der Waals surface area contributed by atoms with E-state index >= 15 is 0 Å². The van der Waals surface area contributed by atoms with Crippen molar-refractivity contribution in [1.82, 2.24) is 0 Å². The average Bonchev–Trinajstić information content (AvgIpc) is 2.34. The first-order valence-electron chi connectivity index (χ1n) is 5.76. The molecule has 0 N–H and O–H groups in total. The Kier molecular flexibility index (Phi) is 4.77. The van der Waals surface area contributed by atoms with Crippen LogP contribution in [0.3, 0.4) is 0 Å². The molecule has 0 radical (unpaired) electrons. The van der Waals surface area contributed by atoms with E-state index in [1.54, 1.807) is 12.1 Å². The van der Waals surface area contributed by atoms with Gasteiger partial charge in [0.2, 0.25) is 0 Å². The first-order valence-corrected chi connectivity index (χ1v) is 7.34. The lowest BCUT2D eigenvalue weighted by Crippen LogP contribution is -2.12. The van der Waals surface area contributed by atoms with E-state index < -0.39 is 0 Å². The number of carbonyl (C=O) groups excluding carboxylic acids is 1. The van der Waals surface area contributed by atoms with Crippen molar-refractivity contribution in [3.05, 3.63) is 62.5 Å². The molecule has 0 saturated heterocycles. The van der Waals surface area contributed by atoms with Gasteiger partial charge in [-0.25, -0.2) is 0 Å². The Balaban J connectivity index is 2.07. The SMILES string of the molecule is Cc1ccc(Br)cc1CC(=O)Oc1cccc(Br)c1. The van der Waals surface area contributed by atoms with Gasteiger partial charge < -0.3 is 4.74 Å². The van der Waals surface area contributed by atoms with Gasteiger partial charge in [0.15, 0.2) is 0 Å². The molecule has 2 aromatic carbocycles. The predicted octanol–water partition coefficient (Wildman–Crippen LogP) is 4.67. The molecule has 0 unspecified atom stereocenters. The van der Waals surface area contributed by atoms with Crippen LogP contribution in [0, 0.1) is 6.92 Å². The largest absolute Gasteiger partial charge is 0.426 e. The van der Waals surface area contributed by atoms with Gasteiger partial charge in [0, 0.05) is 8.95 Å². The first-order chi connectivity index (χ1) is 9.04. The summed E-state index contributed by atoms with van der Waals surface area (Å²) in [6, 6.07) is 13.1. The molecule has 4 heteroatoms. The summed E-state index contributed by atoms with van der Waals surface area (Å²) in [6.07, 6.45) is 0.262. The molecule has 0 bridgehead atoms. The molecule has 0 aliphatic heterocycles. The minimum atomic E-state index is -0.265. The van der Waals surface area contributed by atoms with Gasteiger partial charge in [0.05, 0.1) is 6.42 Å². The van der Waals surface area contributed by atoms with Crippen molar-refractivity contribution in [1.29, 1.82) is 0 Å². The summed E-state index contributed by atoms with van der Waals surface area (Å²) in [5, 5.41) is 0. The highest BCUT2D eigenvalue weighted by molar-refractivity contribution is 9.10. The van der Waals surface area contributed by atoms with E-state index in [0.717, 1.165) is 20.1 Å². The molecule has 0 fully saturated rings. The van der Waals surface area contributed by atoms with Crippen molar-refractivity contribution >= 4 is 37.8 Å². The zero-order valence-electron chi connectivity index (χ0n) is 10.3. The first kappa shape index (κ1) is 14.3. The van der Waals surface area contributed by atoms with E-state index in [-0.39, 0.29) is 12.4 Å². The monoisotopic (exact) mass is 382 g/mol. The fourth-order valence-electron chi connectivity index (χ4n) is 1.68. The van der Waals surface area contributed by atoms with Crippen molar-refractivity contribution in [2.24, 2.45) is 0 Å². The van der Waals surface area contributed by atoms with Crippen LogP contribution < -0.4 is 4.74 Å². The van der Waals surface area contributed by atoms with E-state index in [2.05, 4.69) is 31.9 Å². The highest BCUT2D eigenvalue weighted by Crippen LogP contribution is 2.20. The Morgan fingerprint density at radius 3 is 2.58 bits per heavy atom. The molecule has 0 aliphatic rings. The number of halogens is 2. The zero-order chi connectivity index (χ0) is 13.8. The minimum absolute atomic E-state index is 0.262. The minimum Gasteiger partial charge on any atom is -0.426 e. The molecule has 0 saturated carbocycles. The van der Waals surface area contributed by atoms with Crippen LogP contribution in [0.2, 0.25) is 0 Å². The topological polar surface area (TPSA) is 26.3 Å². The third-order valence-electron chi connectivity index (χ3n) is 2.67. The highest BCUT2D eigenvalue weighted by atomic mass is 79.9. The molecule has 0 atom stereocenters. The van der Waals surface area contributed by atoms with Crippen molar-refractivity contribution in [3.8, 4) is 5.75 Å². The molecule has 2 nitrogen and oxygen atoms in total. The van der Waals surface area contributed by atoms with Crippen LogP contribution >= 0.6 is 31.9 Å². The number of hydrogen-bond donors (Lipinski definition) is 0. The van der Waals surface area contributed by atoms with Crippen molar-refractivity contribution in [2.45, 2.75) is 13.3 Å². The lowest BCUT2D eigenvalue weighted by atomic mass is 10.1. The van der Waals surface area contributed by atoms with E-state index in [4.69, 9.17) is 4.74 Å². The fraction of sp³-hybridized carbons (Fsp3) is 0.133. The number of aryl methyl sites for hydroxylation is 1. The number of benzene rings is 2. The van der Waals surface area contributed by atoms with Gasteiger partial charge in [-0.15, -0.1) is 0 Å². The molecular weight excluding hydrogens is 372 g/mol. The molecule has 19 heavy (non-hydrogen) atoms. The molecule has 0 spiro atoms. The second-order valence-corrected chi connectivity index (χ2v) is 6.01. The Labute approximate surface area is 129 Å². The molecule has 2 aromatic rings. The van der Waals surface area contributed by atoms with Crippen LogP contribution in [0.1, 0.15) is 11.1 Å². The molecule has 0 aliphatic carbocycles. The molecule has 98 valence electrons. The van der Waals surface area contributed by atoms with E-state index in [1.165, 1.54) is 0 Å². The molecular formula is C15H12Br2O2. The van der Waals surface area contributed by atoms with Crippen LogP contribution in [0.25, 0.3) is 0 Å². The van der Waals surface area contributed by atoms with E-state index in [1.807, 2.05) is 37.3 Å². The molecule has 0 heterocycles. The van der Waals surface area contributed by atoms with Gasteiger partial charge in [0.25, 0.3) is 0 Å². The third kappa shape index (κ3) is 4.18. The zero-order valence-corrected chi connectivity index (χ0v) is 13.5. The lowest BCUT2D eigenvalue weighted by Gasteiger charge is -2.07. The lowest BCUT2D eigenvalue weighted by molar-refractivity contribution is -0.133. The summed E-state index contributed by atoms with van der Waals surface area (Å²) in [5.74, 6) is 0.284. The van der Waals surface area contributed by atoms with Crippen LogP contribution in [0.15, 0.2) is 51.4 Å². The molecule has 2 rings (SSSR count). The molecule has 0 aromatic heterocycles. The quantitative estimate of drug-likeness (QED) is 0.568. The number of ether oxygens (including phenoxy) is 1. The third-order valence-corrected chi connectivity index (χ3v) is 3.66. The van der Waals surface area contributed by atoms with Crippen molar-refractivity contribution < 1.29 is 9.53 Å². The Bertz CT molecular complexity index is 609. The second kappa shape index (κ2) is 6.35. The normalized spacial score (nSPS) is 10.3. The fourth-order valence-corrected chi connectivity index (χ4v) is 2.47. The predicted molar refractivity (Wildman–Crippen MR) is 82.4 cm³/mol. The Hall–Kier alpha value is -1.13. The smallest absolute Gasteiger partial charge is 0.315 e. The summed E-state index contributed by atoms with van der Waals surface area (Å²) in [6.45, 7) is 1.98. The summed E-state index contributed by atoms with van der Waals surface area (Å²) >= 11 is 6.75. The number of carbonyl (C=O) groups is 1. The summed E-state index contributed by atoms with van der Waals surface area (Å²) in [5.41, 5.74) is 2.05. The van der Waals surface area contributed by atoms with E-state index in [9.17, 15) is 4.79 Å². The van der Waals surface area contributed by atoms with Crippen LogP contribution in [-0.4, -0.2) is 5.97 Å². The van der Waals surface area contributed by atoms with Gasteiger partial charge in [-0.05, 0) is 48.4 Å². The number of esters is 1. The highest BCUT2D eigenvalue weighted by Gasteiger charge is 2.09. The number of rotatable bonds is 3. The summed E-state index contributed by atoms with van der Waals surface area (Å²) < 4.78 is 7.16. The standard InChI is InChI=1S/C15H12Br2O2/c1-10-5-6-13(17)7-11(10)8-15(18)19-14-4-2-3-12(16)9-14/h2-7,9H,8H2,1H3. The maximum atomic E-state index is 11.9. The maximum Gasteiger partial charge on any atom is 0.315 e. The average molecular weight is 384 g/mol. The van der Waals surface area contributed by atoms with Crippen LogP contribution in [0.4, 0.5) is 0 Å². The Morgan fingerprint density at radius 1 is 1.11 bits per heavy atom. The van der Waals surface area contributed by atoms with Crippen LogP contribution in [0.5, 0.6) is 5.75 Å². The summed E-state index contributed by atoms with van der Waals surface area (Å²) in [7, 11) is 0. The van der Waals surface area contributed by atoms with Gasteiger partial charge in [-0.2, -0.15) is 0 Å². The number of hydrogen-bond acceptors (Lipinski definition) is 2. The maximum absolute atomic E-state index is 11.9. The Morgan fingerprint density at radius 2 is 1.84 bits per heavy atom. The van der Waals surface area contributed by atoms with Crippen molar-refractivity contribution in [2.75, 3.05) is 0 Å². The van der Waals surface area contributed by atoms with Crippen molar-refractivity contribution in [3.63, 3.8) is 0 Å². The van der Waals surface area contributed by atoms with E-state index in [0.29, 0.717) is 5.75 Å². The van der Waals surface area contributed by atoms with Gasteiger partial charge in [-0.3, -0.25) is 4.79 Å². The van der Waals surface area contributed by atoms with Gasteiger partial charge in [-0.1, -0.05) is 44.0 Å². The second-order valence-electron chi connectivity index (χ2n) is 4.18. The van der Waals surface area contributed by atoms with Gasteiger partial charge in [0.1, 0.15) is 5.75 Å². The molecule has 0 amide bonds.